The smallest absolute Gasteiger partial charge is 0.225 e. The van der Waals surface area contributed by atoms with E-state index in [0.717, 1.165) is 32.6 Å². The van der Waals surface area contributed by atoms with E-state index in [9.17, 15) is 4.79 Å². The highest BCUT2D eigenvalue weighted by Crippen LogP contribution is 2.16. The van der Waals surface area contributed by atoms with E-state index in [-0.39, 0.29) is 5.92 Å². The van der Waals surface area contributed by atoms with Crippen LogP contribution >= 0.6 is 0 Å². The van der Waals surface area contributed by atoms with Crippen molar-refractivity contribution >= 4 is 11.6 Å². The molecule has 0 N–H and O–H groups in total. The fourth-order valence-electron chi connectivity index (χ4n) is 2.23. The number of carbonyl (C=O) groups excluding carboxylic acids is 1. The summed E-state index contributed by atoms with van der Waals surface area (Å²) in [7, 11) is 0. The Morgan fingerprint density at radius 1 is 1.28 bits per heavy atom. The zero-order chi connectivity index (χ0) is 13.0. The lowest BCUT2D eigenvalue weighted by Crippen LogP contribution is -2.50. The van der Waals surface area contributed by atoms with Gasteiger partial charge in [-0.3, -0.25) is 9.78 Å². The van der Waals surface area contributed by atoms with Crippen molar-refractivity contribution in [2.24, 2.45) is 5.92 Å². The zero-order valence-electron chi connectivity index (χ0n) is 11.2. The second kappa shape index (κ2) is 5.85. The number of amides is 1. The van der Waals surface area contributed by atoms with Gasteiger partial charge in [0.25, 0.3) is 0 Å². The fraction of sp³-hybridized carbons (Fsp3) is 0.571. The molecule has 18 heavy (non-hydrogen) atoms. The van der Waals surface area contributed by atoms with Gasteiger partial charge in [0.2, 0.25) is 5.91 Å². The van der Waals surface area contributed by atoms with Gasteiger partial charge in [-0.1, -0.05) is 13.8 Å². The highest BCUT2D eigenvalue weighted by atomic mass is 16.2. The molecule has 0 radical (unpaired) electrons. The number of hydrogen-bond acceptors (Lipinski definition) is 3. The first-order valence-corrected chi connectivity index (χ1v) is 6.66. The molecule has 0 unspecified atom stereocenters. The lowest BCUT2D eigenvalue weighted by molar-refractivity contribution is -0.135. The molecule has 1 saturated heterocycles. The lowest BCUT2D eigenvalue weighted by atomic mass is 10.1. The quantitative estimate of drug-likeness (QED) is 0.817. The molecule has 4 heteroatoms. The van der Waals surface area contributed by atoms with Crippen LogP contribution in [-0.4, -0.2) is 42.0 Å². The molecule has 0 bridgehead atoms. The number of rotatable bonds is 3. The Bertz CT molecular complexity index is 385. The van der Waals surface area contributed by atoms with Crippen molar-refractivity contribution in [3.05, 3.63) is 24.5 Å². The van der Waals surface area contributed by atoms with E-state index in [1.165, 1.54) is 5.69 Å². The van der Waals surface area contributed by atoms with Crippen molar-refractivity contribution in [1.82, 2.24) is 9.88 Å². The maximum atomic E-state index is 12.1. The minimum absolute atomic E-state index is 0.150. The molecule has 0 aliphatic carbocycles. The molecule has 1 atom stereocenters. The van der Waals surface area contributed by atoms with Gasteiger partial charge < -0.3 is 9.80 Å². The van der Waals surface area contributed by atoms with Gasteiger partial charge in [-0.2, -0.15) is 0 Å². The van der Waals surface area contributed by atoms with E-state index in [1.54, 1.807) is 0 Å². The van der Waals surface area contributed by atoms with Gasteiger partial charge >= 0.3 is 0 Å². The second-order valence-electron chi connectivity index (χ2n) is 4.83. The first-order chi connectivity index (χ1) is 8.72. The summed E-state index contributed by atoms with van der Waals surface area (Å²) < 4.78 is 0. The Labute approximate surface area is 109 Å². The SMILES string of the molecule is CC[C@H](C)C(=O)N1CCN(c2ccncc2)CC1. The Morgan fingerprint density at radius 2 is 1.89 bits per heavy atom. The van der Waals surface area contributed by atoms with Crippen LogP contribution in [0.2, 0.25) is 0 Å². The standard InChI is InChI=1S/C14H21N3O/c1-3-12(2)14(18)17-10-8-16(9-11-17)13-4-6-15-7-5-13/h4-7,12H,3,8-11H2,1-2H3/t12-/m0/s1. The van der Waals surface area contributed by atoms with Gasteiger partial charge in [-0.25, -0.2) is 0 Å². The fourth-order valence-corrected chi connectivity index (χ4v) is 2.23. The third kappa shape index (κ3) is 2.81. The highest BCUT2D eigenvalue weighted by molar-refractivity contribution is 5.78. The van der Waals surface area contributed by atoms with E-state index in [4.69, 9.17) is 0 Å². The predicted molar refractivity (Wildman–Crippen MR) is 72.5 cm³/mol. The van der Waals surface area contributed by atoms with Crippen LogP contribution < -0.4 is 4.90 Å². The first-order valence-electron chi connectivity index (χ1n) is 6.66. The van der Waals surface area contributed by atoms with Crippen molar-refractivity contribution in [3.63, 3.8) is 0 Å². The molecule has 2 heterocycles. The topological polar surface area (TPSA) is 36.4 Å². The number of aromatic nitrogens is 1. The number of pyridine rings is 1. The predicted octanol–water partition coefficient (Wildman–Crippen LogP) is 1.78. The van der Waals surface area contributed by atoms with Gasteiger partial charge in [0.1, 0.15) is 0 Å². The van der Waals surface area contributed by atoms with E-state index >= 15 is 0 Å². The zero-order valence-corrected chi connectivity index (χ0v) is 11.2. The average Bonchev–Trinajstić information content (AvgIpc) is 2.47. The van der Waals surface area contributed by atoms with Gasteiger partial charge in [0.05, 0.1) is 0 Å². The summed E-state index contributed by atoms with van der Waals surface area (Å²) in [5.41, 5.74) is 1.20. The Kier molecular flexibility index (Phi) is 4.18. The summed E-state index contributed by atoms with van der Waals surface area (Å²) in [5, 5.41) is 0. The van der Waals surface area contributed by atoms with Crippen LogP contribution in [-0.2, 0) is 4.79 Å². The maximum Gasteiger partial charge on any atom is 0.225 e. The van der Waals surface area contributed by atoms with Crippen molar-refractivity contribution in [2.45, 2.75) is 20.3 Å². The van der Waals surface area contributed by atoms with Crippen molar-refractivity contribution in [1.29, 1.82) is 0 Å². The Balaban J connectivity index is 1.90. The Morgan fingerprint density at radius 3 is 2.44 bits per heavy atom. The summed E-state index contributed by atoms with van der Waals surface area (Å²) >= 11 is 0. The molecular weight excluding hydrogens is 226 g/mol. The van der Waals surface area contributed by atoms with Gasteiger partial charge in [0, 0.05) is 50.2 Å². The maximum absolute atomic E-state index is 12.1. The number of piperazine rings is 1. The van der Waals surface area contributed by atoms with Gasteiger partial charge in [0.15, 0.2) is 0 Å². The van der Waals surface area contributed by atoms with E-state index < -0.39 is 0 Å². The van der Waals surface area contributed by atoms with Crippen LogP contribution in [0.1, 0.15) is 20.3 Å². The minimum atomic E-state index is 0.150. The third-order valence-corrected chi connectivity index (χ3v) is 3.65. The molecule has 0 aromatic carbocycles. The van der Waals surface area contributed by atoms with E-state index in [2.05, 4.69) is 16.8 Å². The van der Waals surface area contributed by atoms with E-state index in [1.807, 2.05) is 36.4 Å². The summed E-state index contributed by atoms with van der Waals surface area (Å²) in [6, 6.07) is 4.04. The van der Waals surface area contributed by atoms with Crippen LogP contribution in [0.4, 0.5) is 5.69 Å². The lowest BCUT2D eigenvalue weighted by Gasteiger charge is -2.37. The second-order valence-corrected chi connectivity index (χ2v) is 4.83. The largest absolute Gasteiger partial charge is 0.368 e. The van der Waals surface area contributed by atoms with Crippen LogP contribution in [0.25, 0.3) is 0 Å². The number of nitrogens with zero attached hydrogens (tertiary/aromatic N) is 3. The highest BCUT2D eigenvalue weighted by Gasteiger charge is 2.23. The molecule has 2 rings (SSSR count). The van der Waals surface area contributed by atoms with Crippen molar-refractivity contribution < 1.29 is 4.79 Å². The first kappa shape index (κ1) is 12.9. The molecule has 98 valence electrons. The molecule has 1 aliphatic rings. The summed E-state index contributed by atoms with van der Waals surface area (Å²) in [6.07, 6.45) is 4.54. The minimum Gasteiger partial charge on any atom is -0.368 e. The summed E-state index contributed by atoms with van der Waals surface area (Å²) in [6.45, 7) is 7.54. The average molecular weight is 247 g/mol. The number of anilines is 1. The van der Waals surface area contributed by atoms with Gasteiger partial charge in [-0.05, 0) is 18.6 Å². The Hall–Kier alpha value is -1.58. The van der Waals surface area contributed by atoms with Crippen molar-refractivity contribution in [3.8, 4) is 0 Å². The van der Waals surface area contributed by atoms with Crippen LogP contribution in [0.3, 0.4) is 0 Å². The van der Waals surface area contributed by atoms with E-state index in [0.29, 0.717) is 5.91 Å². The molecule has 1 aliphatic heterocycles. The summed E-state index contributed by atoms with van der Waals surface area (Å²) in [4.78, 5) is 20.4. The number of hydrogen-bond donors (Lipinski definition) is 0. The molecule has 1 aromatic heterocycles. The van der Waals surface area contributed by atoms with Crippen LogP contribution in [0.15, 0.2) is 24.5 Å². The monoisotopic (exact) mass is 247 g/mol. The molecule has 1 amide bonds. The molecule has 1 fully saturated rings. The summed E-state index contributed by atoms with van der Waals surface area (Å²) in [5.74, 6) is 0.448. The normalized spacial score (nSPS) is 17.7. The molecule has 0 spiro atoms. The van der Waals surface area contributed by atoms with Crippen molar-refractivity contribution in [2.75, 3.05) is 31.1 Å². The van der Waals surface area contributed by atoms with Crippen LogP contribution in [0, 0.1) is 5.92 Å². The number of carbonyl (C=O) groups is 1. The molecule has 1 aromatic rings. The van der Waals surface area contributed by atoms with Crippen LogP contribution in [0.5, 0.6) is 0 Å². The van der Waals surface area contributed by atoms with Gasteiger partial charge in [-0.15, -0.1) is 0 Å². The molecule has 4 nitrogen and oxygen atoms in total. The third-order valence-electron chi connectivity index (χ3n) is 3.65. The molecular formula is C14H21N3O. The molecule has 0 saturated carbocycles.